The van der Waals surface area contributed by atoms with Gasteiger partial charge in [0, 0.05) is 10.9 Å². The Morgan fingerprint density at radius 2 is 1.92 bits per heavy atom. The molecule has 2 heteroatoms. The van der Waals surface area contributed by atoms with Crippen molar-refractivity contribution in [3.05, 3.63) is 29.8 Å². The third kappa shape index (κ3) is 2.75. The van der Waals surface area contributed by atoms with Gasteiger partial charge in [0.15, 0.2) is 0 Å². The quantitative estimate of drug-likeness (QED) is 0.741. The van der Waals surface area contributed by atoms with Crippen molar-refractivity contribution in [1.82, 2.24) is 5.32 Å². The van der Waals surface area contributed by atoms with Crippen molar-refractivity contribution in [2.45, 2.75) is 24.3 Å². The van der Waals surface area contributed by atoms with Crippen LogP contribution in [-0.4, -0.2) is 13.3 Å². The number of rotatable bonds is 4. The van der Waals surface area contributed by atoms with Gasteiger partial charge in [-0.25, -0.2) is 0 Å². The van der Waals surface area contributed by atoms with Crippen LogP contribution in [0.15, 0.2) is 29.2 Å². The van der Waals surface area contributed by atoms with Crippen LogP contribution in [-0.2, 0) is 0 Å². The Balaban J connectivity index is 2.78. The van der Waals surface area contributed by atoms with Gasteiger partial charge >= 0.3 is 0 Å². The van der Waals surface area contributed by atoms with Crippen molar-refractivity contribution in [2.75, 3.05) is 13.3 Å². The maximum absolute atomic E-state index is 3.30. The fraction of sp³-hybridized carbons (Fsp3) is 0.455. The Labute approximate surface area is 84.9 Å². The highest BCUT2D eigenvalue weighted by Crippen LogP contribution is 2.20. The summed E-state index contributed by atoms with van der Waals surface area (Å²) in [5.41, 5.74) is 1.38. The van der Waals surface area contributed by atoms with E-state index < -0.39 is 0 Å². The second kappa shape index (κ2) is 5.30. The molecule has 1 nitrogen and oxygen atoms in total. The Bertz CT molecular complexity index is 239. The van der Waals surface area contributed by atoms with E-state index in [0.717, 1.165) is 6.42 Å². The molecule has 0 aliphatic heterocycles. The molecule has 0 saturated heterocycles. The van der Waals surface area contributed by atoms with Gasteiger partial charge in [0.05, 0.1) is 0 Å². The van der Waals surface area contributed by atoms with Crippen LogP contribution in [0.3, 0.4) is 0 Å². The third-order valence-electron chi connectivity index (χ3n) is 2.27. The topological polar surface area (TPSA) is 12.0 Å². The highest BCUT2D eigenvalue weighted by molar-refractivity contribution is 7.98. The minimum atomic E-state index is 0.496. The Morgan fingerprint density at radius 1 is 1.31 bits per heavy atom. The summed E-state index contributed by atoms with van der Waals surface area (Å²) in [4.78, 5) is 1.33. The van der Waals surface area contributed by atoms with Gasteiger partial charge in [-0.1, -0.05) is 19.1 Å². The molecule has 0 aliphatic carbocycles. The first-order chi connectivity index (χ1) is 6.31. The highest BCUT2D eigenvalue weighted by atomic mass is 32.2. The lowest BCUT2D eigenvalue weighted by Gasteiger charge is -2.14. The van der Waals surface area contributed by atoms with Gasteiger partial charge in [-0.15, -0.1) is 11.8 Å². The van der Waals surface area contributed by atoms with E-state index in [0.29, 0.717) is 6.04 Å². The van der Waals surface area contributed by atoms with Gasteiger partial charge in [-0.05, 0) is 37.4 Å². The van der Waals surface area contributed by atoms with Gasteiger partial charge in [0.2, 0.25) is 0 Å². The monoisotopic (exact) mass is 195 g/mol. The molecule has 0 spiro atoms. The smallest absolute Gasteiger partial charge is 0.0314 e. The second-order valence-electron chi connectivity index (χ2n) is 3.02. The number of hydrogen-bond acceptors (Lipinski definition) is 2. The van der Waals surface area contributed by atoms with E-state index in [1.54, 1.807) is 11.8 Å². The maximum atomic E-state index is 3.30. The molecule has 1 aromatic carbocycles. The SMILES string of the molecule is CCC(NC)c1ccc(SC)cc1. The summed E-state index contributed by atoms with van der Waals surface area (Å²) in [5, 5.41) is 3.30. The summed E-state index contributed by atoms with van der Waals surface area (Å²) in [7, 11) is 2.01. The molecule has 72 valence electrons. The van der Waals surface area contributed by atoms with Crippen LogP contribution in [0.4, 0.5) is 0 Å². The molecule has 1 aromatic rings. The van der Waals surface area contributed by atoms with Crippen LogP contribution in [0.2, 0.25) is 0 Å². The Kier molecular flexibility index (Phi) is 4.33. The van der Waals surface area contributed by atoms with E-state index >= 15 is 0 Å². The average Bonchev–Trinajstić information content (AvgIpc) is 2.21. The molecule has 1 atom stereocenters. The number of nitrogens with one attached hydrogen (secondary N) is 1. The number of hydrogen-bond donors (Lipinski definition) is 1. The van der Waals surface area contributed by atoms with E-state index in [2.05, 4.69) is 42.8 Å². The molecule has 0 aliphatic rings. The summed E-state index contributed by atoms with van der Waals surface area (Å²) in [6, 6.07) is 9.27. The minimum absolute atomic E-state index is 0.496. The zero-order chi connectivity index (χ0) is 9.68. The second-order valence-corrected chi connectivity index (χ2v) is 3.90. The molecule has 1 unspecified atom stereocenters. The molecule has 0 saturated carbocycles. The van der Waals surface area contributed by atoms with Gasteiger partial charge < -0.3 is 5.32 Å². The molecule has 0 bridgehead atoms. The number of benzene rings is 1. The first kappa shape index (κ1) is 10.6. The molecule has 1 N–H and O–H groups in total. The number of thioether (sulfide) groups is 1. The highest BCUT2D eigenvalue weighted by Gasteiger charge is 2.04. The molecular weight excluding hydrogens is 178 g/mol. The molecule has 1 rings (SSSR count). The third-order valence-corrected chi connectivity index (χ3v) is 3.02. The first-order valence-electron chi connectivity index (χ1n) is 4.63. The van der Waals surface area contributed by atoms with E-state index in [1.165, 1.54) is 10.5 Å². The van der Waals surface area contributed by atoms with Crippen molar-refractivity contribution in [3.63, 3.8) is 0 Å². The van der Waals surface area contributed by atoms with Crippen LogP contribution in [0.5, 0.6) is 0 Å². The van der Waals surface area contributed by atoms with Crippen LogP contribution in [0, 0.1) is 0 Å². The zero-order valence-corrected chi connectivity index (χ0v) is 9.32. The lowest BCUT2D eigenvalue weighted by molar-refractivity contribution is 0.576. The average molecular weight is 195 g/mol. The minimum Gasteiger partial charge on any atom is -0.313 e. The molecule has 0 radical (unpaired) electrons. The summed E-state index contributed by atoms with van der Waals surface area (Å²) in [6.45, 7) is 2.20. The van der Waals surface area contributed by atoms with E-state index in [4.69, 9.17) is 0 Å². The van der Waals surface area contributed by atoms with Gasteiger partial charge in [-0.2, -0.15) is 0 Å². The lowest BCUT2D eigenvalue weighted by atomic mass is 10.1. The standard InChI is InChI=1S/C11H17NS/c1-4-11(12-2)9-5-7-10(13-3)8-6-9/h5-8,11-12H,4H2,1-3H3. The van der Waals surface area contributed by atoms with E-state index in [9.17, 15) is 0 Å². The fourth-order valence-electron chi connectivity index (χ4n) is 1.44. The molecule has 0 fully saturated rings. The maximum Gasteiger partial charge on any atom is 0.0314 e. The van der Waals surface area contributed by atoms with E-state index in [1.807, 2.05) is 7.05 Å². The van der Waals surface area contributed by atoms with Crippen molar-refractivity contribution in [3.8, 4) is 0 Å². The lowest BCUT2D eigenvalue weighted by Crippen LogP contribution is -2.14. The normalized spacial score (nSPS) is 12.8. The predicted molar refractivity (Wildman–Crippen MR) is 60.3 cm³/mol. The van der Waals surface area contributed by atoms with E-state index in [-0.39, 0.29) is 0 Å². The first-order valence-corrected chi connectivity index (χ1v) is 5.85. The predicted octanol–water partition coefficient (Wildman–Crippen LogP) is 3.08. The molecule has 0 heterocycles. The summed E-state index contributed by atoms with van der Waals surface area (Å²) < 4.78 is 0. The molecule has 13 heavy (non-hydrogen) atoms. The molecule has 0 aromatic heterocycles. The van der Waals surface area contributed by atoms with Crippen molar-refractivity contribution < 1.29 is 0 Å². The largest absolute Gasteiger partial charge is 0.313 e. The van der Waals surface area contributed by atoms with Crippen molar-refractivity contribution in [2.24, 2.45) is 0 Å². The van der Waals surface area contributed by atoms with Crippen LogP contribution < -0.4 is 5.32 Å². The summed E-state index contributed by atoms with van der Waals surface area (Å²) >= 11 is 1.78. The molecular formula is C11H17NS. The fourth-order valence-corrected chi connectivity index (χ4v) is 1.85. The van der Waals surface area contributed by atoms with Gasteiger partial charge in [0.1, 0.15) is 0 Å². The Morgan fingerprint density at radius 3 is 2.31 bits per heavy atom. The zero-order valence-electron chi connectivity index (χ0n) is 8.50. The van der Waals surface area contributed by atoms with Crippen molar-refractivity contribution in [1.29, 1.82) is 0 Å². The van der Waals surface area contributed by atoms with Crippen LogP contribution >= 0.6 is 11.8 Å². The van der Waals surface area contributed by atoms with Crippen molar-refractivity contribution >= 4 is 11.8 Å². The summed E-state index contributed by atoms with van der Waals surface area (Å²) in [6.07, 6.45) is 3.24. The Hall–Kier alpha value is -0.470. The van der Waals surface area contributed by atoms with Crippen LogP contribution in [0.1, 0.15) is 24.9 Å². The summed E-state index contributed by atoms with van der Waals surface area (Å²) in [5.74, 6) is 0. The van der Waals surface area contributed by atoms with Crippen LogP contribution in [0.25, 0.3) is 0 Å². The van der Waals surface area contributed by atoms with Gasteiger partial charge in [0.25, 0.3) is 0 Å². The molecule has 0 amide bonds. The van der Waals surface area contributed by atoms with Gasteiger partial charge in [-0.3, -0.25) is 0 Å².